The Morgan fingerprint density at radius 3 is 2.44 bits per heavy atom. The van der Waals surface area contributed by atoms with Crippen LogP contribution in [0.4, 0.5) is 11.6 Å². The lowest BCUT2D eigenvalue weighted by Crippen LogP contribution is -2.31. The molecule has 1 unspecified atom stereocenters. The van der Waals surface area contributed by atoms with Gasteiger partial charge in [0.1, 0.15) is 17.5 Å². The Morgan fingerprint density at radius 1 is 1.00 bits per heavy atom. The molecule has 8 heteroatoms. The highest BCUT2D eigenvalue weighted by atomic mass is 16.5. The van der Waals surface area contributed by atoms with Crippen molar-refractivity contribution in [3.8, 4) is 22.9 Å². The lowest BCUT2D eigenvalue weighted by atomic mass is 9.94. The van der Waals surface area contributed by atoms with Crippen molar-refractivity contribution in [3.63, 3.8) is 0 Å². The Labute approximate surface area is 209 Å². The topological polar surface area (TPSA) is 90.3 Å². The standard InChI is InChI=1S/C28H27N5O3/c1-4-36-22-16-10-8-14-20(22)25-24(27(34)30-21-15-9-11-17-23(21)35-3)18(2)29-28-31-26(32-33(25)28)19-12-6-5-7-13-19/h5-17,25H,4H2,1-3H3,(H,30,34)(H,29,31,32). The number of carbonyl (C=O) groups is 1. The molecule has 2 N–H and O–H groups in total. The van der Waals surface area contributed by atoms with Gasteiger partial charge < -0.3 is 20.1 Å². The number of fused-ring (bicyclic) bond motifs is 1. The van der Waals surface area contributed by atoms with Crippen molar-refractivity contribution in [3.05, 3.63) is 95.7 Å². The number of amides is 1. The lowest BCUT2D eigenvalue weighted by molar-refractivity contribution is -0.113. The minimum absolute atomic E-state index is 0.275. The summed E-state index contributed by atoms with van der Waals surface area (Å²) < 4.78 is 13.2. The summed E-state index contributed by atoms with van der Waals surface area (Å²) in [5.74, 6) is 2.10. The predicted molar refractivity (Wildman–Crippen MR) is 139 cm³/mol. The number of para-hydroxylation sites is 3. The van der Waals surface area contributed by atoms with E-state index in [9.17, 15) is 4.79 Å². The SMILES string of the molecule is CCOc1ccccc1C1C(C(=O)Nc2ccccc2OC)=C(C)Nc2nc(-c3ccccc3)nn21. The highest BCUT2D eigenvalue weighted by Gasteiger charge is 2.36. The molecule has 0 bridgehead atoms. The molecule has 1 amide bonds. The van der Waals surface area contributed by atoms with Crippen LogP contribution in [0.15, 0.2) is 90.1 Å². The molecule has 0 saturated heterocycles. The Morgan fingerprint density at radius 2 is 1.69 bits per heavy atom. The smallest absolute Gasteiger partial charge is 0.255 e. The summed E-state index contributed by atoms with van der Waals surface area (Å²) in [6.45, 7) is 4.30. The lowest BCUT2D eigenvalue weighted by Gasteiger charge is -2.29. The second-order valence-electron chi connectivity index (χ2n) is 8.26. The quantitative estimate of drug-likeness (QED) is 0.373. The van der Waals surface area contributed by atoms with E-state index >= 15 is 0 Å². The van der Waals surface area contributed by atoms with E-state index in [1.165, 1.54) is 0 Å². The Balaban J connectivity index is 1.63. The molecule has 0 fully saturated rings. The summed E-state index contributed by atoms with van der Waals surface area (Å²) in [6.07, 6.45) is 0. The van der Waals surface area contributed by atoms with Crippen LogP contribution < -0.4 is 20.1 Å². The van der Waals surface area contributed by atoms with Crippen molar-refractivity contribution < 1.29 is 14.3 Å². The van der Waals surface area contributed by atoms with Gasteiger partial charge in [-0.05, 0) is 32.0 Å². The van der Waals surface area contributed by atoms with Gasteiger partial charge in [0.2, 0.25) is 5.95 Å². The van der Waals surface area contributed by atoms with Gasteiger partial charge in [-0.15, -0.1) is 5.10 Å². The number of rotatable bonds is 7. The normalized spacial score (nSPS) is 14.6. The predicted octanol–water partition coefficient (Wildman–Crippen LogP) is 5.28. The van der Waals surface area contributed by atoms with Crippen molar-refractivity contribution in [2.75, 3.05) is 24.4 Å². The van der Waals surface area contributed by atoms with Crippen LogP contribution >= 0.6 is 0 Å². The molecular weight excluding hydrogens is 454 g/mol. The molecule has 1 aliphatic heterocycles. The molecule has 4 aromatic rings. The monoisotopic (exact) mass is 481 g/mol. The van der Waals surface area contributed by atoms with E-state index < -0.39 is 6.04 Å². The highest BCUT2D eigenvalue weighted by Crippen LogP contribution is 2.40. The van der Waals surface area contributed by atoms with Crippen LogP contribution in [0.25, 0.3) is 11.4 Å². The number of benzene rings is 3. The average molecular weight is 482 g/mol. The van der Waals surface area contributed by atoms with Crippen LogP contribution in [0, 0.1) is 0 Å². The van der Waals surface area contributed by atoms with Crippen LogP contribution in [0.3, 0.4) is 0 Å². The first kappa shape index (κ1) is 23.2. The Hall–Kier alpha value is -4.59. The molecule has 0 radical (unpaired) electrons. The molecule has 1 aromatic heterocycles. The van der Waals surface area contributed by atoms with Gasteiger partial charge >= 0.3 is 0 Å². The molecule has 182 valence electrons. The fraction of sp³-hybridized carbons (Fsp3) is 0.179. The molecule has 2 heterocycles. The van der Waals surface area contributed by atoms with E-state index in [4.69, 9.17) is 19.6 Å². The summed E-state index contributed by atoms with van der Waals surface area (Å²) in [5, 5.41) is 11.1. The molecule has 8 nitrogen and oxygen atoms in total. The van der Waals surface area contributed by atoms with Crippen molar-refractivity contribution in [1.82, 2.24) is 14.8 Å². The van der Waals surface area contributed by atoms with Crippen molar-refractivity contribution in [2.24, 2.45) is 0 Å². The molecule has 0 spiro atoms. The maximum Gasteiger partial charge on any atom is 0.255 e. The van der Waals surface area contributed by atoms with Gasteiger partial charge in [0, 0.05) is 16.8 Å². The fourth-order valence-electron chi connectivity index (χ4n) is 4.37. The molecular formula is C28H27N5O3. The summed E-state index contributed by atoms with van der Waals surface area (Å²) in [4.78, 5) is 18.6. The van der Waals surface area contributed by atoms with Crippen LogP contribution in [0.5, 0.6) is 11.5 Å². The number of allylic oxidation sites excluding steroid dienone is 1. The summed E-state index contributed by atoms with van der Waals surface area (Å²) in [6, 6.07) is 24.2. The van der Waals surface area contributed by atoms with E-state index in [0.717, 1.165) is 11.1 Å². The van der Waals surface area contributed by atoms with E-state index in [1.807, 2.05) is 80.6 Å². The average Bonchev–Trinajstić information content (AvgIpc) is 3.33. The third-order valence-corrected chi connectivity index (χ3v) is 6.00. The van der Waals surface area contributed by atoms with Crippen LogP contribution in [0.1, 0.15) is 25.5 Å². The molecule has 3 aromatic carbocycles. The van der Waals surface area contributed by atoms with Gasteiger partial charge in [0.25, 0.3) is 5.91 Å². The second-order valence-corrected chi connectivity index (χ2v) is 8.26. The molecule has 36 heavy (non-hydrogen) atoms. The van der Waals surface area contributed by atoms with Gasteiger partial charge in [0.05, 0.1) is 25.0 Å². The number of nitrogens with one attached hydrogen (secondary N) is 2. The third kappa shape index (κ3) is 4.29. The van der Waals surface area contributed by atoms with E-state index in [-0.39, 0.29) is 5.91 Å². The highest BCUT2D eigenvalue weighted by molar-refractivity contribution is 6.06. The summed E-state index contributed by atoms with van der Waals surface area (Å²) >= 11 is 0. The number of anilines is 2. The summed E-state index contributed by atoms with van der Waals surface area (Å²) in [5.41, 5.74) is 3.46. The second kappa shape index (κ2) is 9.95. The zero-order valence-electron chi connectivity index (χ0n) is 20.4. The number of hydrogen-bond donors (Lipinski definition) is 2. The van der Waals surface area contributed by atoms with Gasteiger partial charge in [-0.25, -0.2) is 4.68 Å². The molecule has 5 rings (SSSR count). The first-order valence-corrected chi connectivity index (χ1v) is 11.8. The van der Waals surface area contributed by atoms with E-state index in [0.29, 0.717) is 46.8 Å². The number of carbonyl (C=O) groups excluding carboxylic acids is 1. The third-order valence-electron chi connectivity index (χ3n) is 6.00. The first-order valence-electron chi connectivity index (χ1n) is 11.8. The van der Waals surface area contributed by atoms with Gasteiger partial charge in [-0.2, -0.15) is 4.98 Å². The zero-order valence-corrected chi connectivity index (χ0v) is 20.4. The molecule has 1 aliphatic rings. The Kier molecular flexibility index (Phi) is 6.40. The molecule has 1 atom stereocenters. The zero-order chi connectivity index (χ0) is 25.1. The number of ether oxygens (including phenoxy) is 2. The Bertz CT molecular complexity index is 1430. The van der Waals surface area contributed by atoms with Crippen molar-refractivity contribution in [2.45, 2.75) is 19.9 Å². The van der Waals surface area contributed by atoms with E-state index in [1.54, 1.807) is 23.9 Å². The summed E-state index contributed by atoms with van der Waals surface area (Å²) in [7, 11) is 1.58. The van der Waals surface area contributed by atoms with Gasteiger partial charge in [-0.1, -0.05) is 60.7 Å². The number of nitrogens with zero attached hydrogens (tertiary/aromatic N) is 3. The van der Waals surface area contributed by atoms with Crippen molar-refractivity contribution >= 4 is 17.5 Å². The number of aromatic nitrogens is 3. The minimum Gasteiger partial charge on any atom is -0.495 e. The van der Waals surface area contributed by atoms with Gasteiger partial charge in [0.15, 0.2) is 5.82 Å². The maximum atomic E-state index is 13.8. The molecule has 0 saturated carbocycles. The van der Waals surface area contributed by atoms with Crippen LogP contribution in [-0.4, -0.2) is 34.4 Å². The first-order chi connectivity index (χ1) is 17.6. The maximum absolute atomic E-state index is 13.8. The van der Waals surface area contributed by atoms with Crippen LogP contribution in [-0.2, 0) is 4.79 Å². The largest absolute Gasteiger partial charge is 0.495 e. The van der Waals surface area contributed by atoms with Gasteiger partial charge in [-0.3, -0.25) is 4.79 Å². The fourth-order valence-corrected chi connectivity index (χ4v) is 4.37. The minimum atomic E-state index is -0.566. The van der Waals surface area contributed by atoms with Crippen LogP contribution in [0.2, 0.25) is 0 Å². The number of methoxy groups -OCH3 is 1. The van der Waals surface area contributed by atoms with Crippen molar-refractivity contribution in [1.29, 1.82) is 0 Å². The number of hydrogen-bond acceptors (Lipinski definition) is 6. The van der Waals surface area contributed by atoms with E-state index in [2.05, 4.69) is 10.6 Å². The molecule has 0 aliphatic carbocycles.